The Labute approximate surface area is 214 Å². The van der Waals surface area contributed by atoms with Crippen LogP contribution in [-0.2, 0) is 13.3 Å². The van der Waals surface area contributed by atoms with Gasteiger partial charge in [-0.15, -0.1) is 0 Å². The Kier molecular flexibility index (Phi) is 6.27. The minimum atomic E-state index is -0.425. The van der Waals surface area contributed by atoms with Gasteiger partial charge in [0.1, 0.15) is 0 Å². The summed E-state index contributed by atoms with van der Waals surface area (Å²) in [7, 11) is 4.23. The molecule has 2 aromatic carbocycles. The van der Waals surface area contributed by atoms with Gasteiger partial charge in [-0.05, 0) is 38.4 Å². The monoisotopic (exact) mass is 507 g/mol. The van der Waals surface area contributed by atoms with Crippen molar-refractivity contribution in [3.8, 4) is 0 Å². The number of fused-ring (bicyclic) bond motifs is 2. The molecule has 2 aliphatic rings. The molecule has 2 saturated heterocycles. The second-order valence-corrected chi connectivity index (χ2v) is 9.99. The second kappa shape index (κ2) is 9.73. The van der Waals surface area contributed by atoms with Gasteiger partial charge in [0.05, 0.1) is 35.7 Å². The fourth-order valence-electron chi connectivity index (χ4n) is 5.31. The van der Waals surface area contributed by atoms with Gasteiger partial charge in [-0.2, -0.15) is 0 Å². The molecule has 0 unspecified atom stereocenters. The summed E-state index contributed by atoms with van der Waals surface area (Å²) in [5.41, 5.74) is 4.54. The van der Waals surface area contributed by atoms with Crippen molar-refractivity contribution >= 4 is 33.6 Å². The number of oxazole rings is 2. The summed E-state index contributed by atoms with van der Waals surface area (Å²) in [4.78, 5) is 34.7. The molecule has 0 bridgehead atoms. The van der Waals surface area contributed by atoms with Gasteiger partial charge in [0, 0.05) is 52.4 Å². The number of nitrogens with one attached hydrogen (secondary N) is 1. The summed E-state index contributed by atoms with van der Waals surface area (Å²) < 4.78 is 14.5. The molecule has 11 heteroatoms. The standard InChI is InChI=1S/C26H33N7O4/c1-28-9-13-30(14-10-28)19-5-3-7-21-23(19)36-25(34)32(21)17-27-18-33-22-8-4-6-20(24(22)37-26(33)35)31-15-11-29(2)12-16-31/h3-8,27H,9-18H2,1-2H3. The maximum Gasteiger partial charge on any atom is 0.421 e. The molecule has 11 nitrogen and oxygen atoms in total. The van der Waals surface area contributed by atoms with Gasteiger partial charge in [0.15, 0.2) is 11.2 Å². The van der Waals surface area contributed by atoms with Gasteiger partial charge in [-0.1, -0.05) is 12.1 Å². The van der Waals surface area contributed by atoms with E-state index in [-0.39, 0.29) is 13.3 Å². The number of anilines is 2. The van der Waals surface area contributed by atoms with E-state index in [1.165, 1.54) is 0 Å². The number of hydrogen-bond acceptors (Lipinski definition) is 9. The molecule has 196 valence electrons. The largest absolute Gasteiger partial charge is 0.421 e. The number of para-hydroxylation sites is 2. The van der Waals surface area contributed by atoms with Gasteiger partial charge in [0.25, 0.3) is 0 Å². The van der Waals surface area contributed by atoms with E-state index in [9.17, 15) is 9.59 Å². The molecule has 2 aromatic heterocycles. The summed E-state index contributed by atoms with van der Waals surface area (Å²) in [6.07, 6.45) is 0. The van der Waals surface area contributed by atoms with Crippen molar-refractivity contribution in [3.63, 3.8) is 0 Å². The first kappa shape index (κ1) is 23.8. The topological polar surface area (TPSA) is 95.3 Å². The number of piperazine rings is 2. The summed E-state index contributed by atoms with van der Waals surface area (Å²) in [5.74, 6) is -0.850. The first-order chi connectivity index (χ1) is 18.0. The van der Waals surface area contributed by atoms with Crippen molar-refractivity contribution in [3.05, 3.63) is 57.5 Å². The molecule has 4 heterocycles. The second-order valence-electron chi connectivity index (χ2n) is 9.99. The lowest BCUT2D eigenvalue weighted by atomic mass is 10.2. The molecule has 2 aliphatic heterocycles. The maximum atomic E-state index is 12.8. The Hall–Kier alpha value is -3.54. The van der Waals surface area contributed by atoms with Crippen LogP contribution in [-0.4, -0.2) is 85.4 Å². The first-order valence-electron chi connectivity index (χ1n) is 12.8. The van der Waals surface area contributed by atoms with Crippen LogP contribution in [0, 0.1) is 0 Å². The number of likely N-dealkylation sites (N-methyl/N-ethyl adjacent to an activating group) is 2. The van der Waals surface area contributed by atoms with E-state index < -0.39 is 11.5 Å². The van der Waals surface area contributed by atoms with Gasteiger partial charge in [-0.3, -0.25) is 14.5 Å². The smallest absolute Gasteiger partial charge is 0.405 e. The van der Waals surface area contributed by atoms with Crippen molar-refractivity contribution < 1.29 is 8.83 Å². The molecule has 6 rings (SSSR count). The zero-order valence-corrected chi connectivity index (χ0v) is 21.4. The molecule has 37 heavy (non-hydrogen) atoms. The zero-order valence-electron chi connectivity index (χ0n) is 21.4. The highest BCUT2D eigenvalue weighted by Crippen LogP contribution is 2.28. The Morgan fingerprint density at radius 1 is 0.649 bits per heavy atom. The van der Waals surface area contributed by atoms with E-state index in [1.54, 1.807) is 9.13 Å². The molecule has 0 saturated carbocycles. The van der Waals surface area contributed by atoms with Gasteiger partial charge in [0.2, 0.25) is 0 Å². The molecular formula is C26H33N7O4. The normalized spacial score (nSPS) is 17.9. The minimum Gasteiger partial charge on any atom is -0.405 e. The Balaban J connectivity index is 1.22. The molecule has 1 N–H and O–H groups in total. The van der Waals surface area contributed by atoms with E-state index in [0.29, 0.717) is 11.2 Å². The molecule has 0 aliphatic carbocycles. The van der Waals surface area contributed by atoms with Gasteiger partial charge >= 0.3 is 11.5 Å². The lowest BCUT2D eigenvalue weighted by Gasteiger charge is -2.33. The van der Waals surface area contributed by atoms with Crippen LogP contribution in [0.1, 0.15) is 0 Å². The average Bonchev–Trinajstić information content (AvgIpc) is 3.40. The highest BCUT2D eigenvalue weighted by atomic mass is 16.4. The molecule has 4 aromatic rings. The van der Waals surface area contributed by atoms with Crippen LogP contribution in [0.25, 0.3) is 22.2 Å². The Morgan fingerprint density at radius 2 is 1.05 bits per heavy atom. The highest BCUT2D eigenvalue weighted by Gasteiger charge is 2.22. The third-order valence-corrected chi connectivity index (χ3v) is 7.58. The third kappa shape index (κ3) is 4.43. The maximum absolute atomic E-state index is 12.8. The predicted molar refractivity (Wildman–Crippen MR) is 144 cm³/mol. The van der Waals surface area contributed by atoms with Crippen LogP contribution < -0.4 is 26.6 Å². The van der Waals surface area contributed by atoms with Crippen molar-refractivity contribution in [2.45, 2.75) is 13.3 Å². The zero-order chi connectivity index (χ0) is 25.5. The SMILES string of the molecule is CN1CCN(c2cccc3c2oc(=O)n3CNCn2c(=O)oc3c(N4CCN(C)CC4)cccc32)CC1. The first-order valence-corrected chi connectivity index (χ1v) is 12.8. The van der Waals surface area contributed by atoms with Crippen molar-refractivity contribution in [1.29, 1.82) is 0 Å². The summed E-state index contributed by atoms with van der Waals surface area (Å²) in [6.45, 7) is 7.80. The quantitative estimate of drug-likeness (QED) is 0.413. The van der Waals surface area contributed by atoms with E-state index in [4.69, 9.17) is 8.83 Å². The fraction of sp³-hybridized carbons (Fsp3) is 0.462. The van der Waals surface area contributed by atoms with E-state index in [0.717, 1.165) is 74.8 Å². The molecule has 0 amide bonds. The Morgan fingerprint density at radius 3 is 1.46 bits per heavy atom. The van der Waals surface area contributed by atoms with E-state index >= 15 is 0 Å². The van der Waals surface area contributed by atoms with Crippen LogP contribution in [0.5, 0.6) is 0 Å². The number of nitrogens with zero attached hydrogens (tertiary/aromatic N) is 6. The predicted octanol–water partition coefficient (Wildman–Crippen LogP) is 1.21. The van der Waals surface area contributed by atoms with E-state index in [1.807, 2.05) is 36.4 Å². The van der Waals surface area contributed by atoms with Crippen LogP contribution in [0.3, 0.4) is 0 Å². The highest BCUT2D eigenvalue weighted by molar-refractivity contribution is 5.88. The van der Waals surface area contributed by atoms with Crippen molar-refractivity contribution in [2.24, 2.45) is 0 Å². The molecule has 0 radical (unpaired) electrons. The minimum absolute atomic E-state index is 0.204. The van der Waals surface area contributed by atoms with Gasteiger partial charge < -0.3 is 28.4 Å². The molecular weight excluding hydrogens is 474 g/mol. The van der Waals surface area contributed by atoms with Crippen molar-refractivity contribution in [1.82, 2.24) is 24.3 Å². The third-order valence-electron chi connectivity index (χ3n) is 7.58. The average molecular weight is 508 g/mol. The molecule has 0 atom stereocenters. The summed E-state index contributed by atoms with van der Waals surface area (Å²) in [5, 5.41) is 3.23. The molecule has 0 spiro atoms. The number of aromatic nitrogens is 2. The van der Waals surface area contributed by atoms with Crippen LogP contribution in [0.4, 0.5) is 11.4 Å². The van der Waals surface area contributed by atoms with Crippen LogP contribution in [0.2, 0.25) is 0 Å². The molecule has 2 fully saturated rings. The fourth-order valence-corrected chi connectivity index (χ4v) is 5.31. The number of rotatable bonds is 6. The van der Waals surface area contributed by atoms with Crippen molar-refractivity contribution in [2.75, 3.05) is 76.3 Å². The van der Waals surface area contributed by atoms with E-state index in [2.05, 4.69) is 39.0 Å². The van der Waals surface area contributed by atoms with Gasteiger partial charge in [-0.25, -0.2) is 9.59 Å². The number of benzene rings is 2. The van der Waals surface area contributed by atoms with Crippen LogP contribution in [0.15, 0.2) is 54.8 Å². The lowest BCUT2D eigenvalue weighted by molar-refractivity contribution is 0.312. The Bertz CT molecular complexity index is 1400. The van der Waals surface area contributed by atoms with Crippen LogP contribution >= 0.6 is 0 Å². The number of hydrogen-bond donors (Lipinski definition) is 1. The summed E-state index contributed by atoms with van der Waals surface area (Å²) in [6, 6.07) is 11.7. The lowest BCUT2D eigenvalue weighted by Crippen LogP contribution is -2.44. The summed E-state index contributed by atoms with van der Waals surface area (Å²) >= 11 is 0.